The number of morpholine rings is 1. The normalized spacial score (nSPS) is 21.2. The summed E-state index contributed by atoms with van der Waals surface area (Å²) in [6.07, 6.45) is 4.61. The van der Waals surface area contributed by atoms with Crippen LogP contribution in [0, 0.1) is 12.8 Å². The molecule has 2 aliphatic heterocycles. The van der Waals surface area contributed by atoms with Crippen LogP contribution in [0.3, 0.4) is 0 Å². The van der Waals surface area contributed by atoms with E-state index in [-0.39, 0.29) is 0 Å². The number of carbonyl (C=O) groups excluding carboxylic acids is 1. The van der Waals surface area contributed by atoms with Crippen LogP contribution >= 0.6 is 0 Å². The van der Waals surface area contributed by atoms with Gasteiger partial charge in [-0.05, 0) is 31.8 Å². The van der Waals surface area contributed by atoms with E-state index < -0.39 is 0 Å². The van der Waals surface area contributed by atoms with Crippen LogP contribution in [0.25, 0.3) is 0 Å². The summed E-state index contributed by atoms with van der Waals surface area (Å²) in [7, 11) is 0. The van der Waals surface area contributed by atoms with Gasteiger partial charge >= 0.3 is 0 Å². The number of piperidine rings is 1. The first-order valence-corrected chi connectivity index (χ1v) is 8.19. The molecular formula is C16H25N3O3. The molecule has 2 fully saturated rings. The Kier molecular flexibility index (Phi) is 5.10. The molecule has 0 saturated carbocycles. The largest absolute Gasteiger partial charge is 0.449 e. The van der Waals surface area contributed by atoms with Gasteiger partial charge in [0.15, 0.2) is 5.89 Å². The smallest absolute Gasteiger partial charge is 0.223 e. The monoisotopic (exact) mass is 307 g/mol. The Morgan fingerprint density at radius 3 is 2.64 bits per heavy atom. The predicted molar refractivity (Wildman–Crippen MR) is 81.3 cm³/mol. The lowest BCUT2D eigenvalue weighted by Gasteiger charge is -2.33. The molecule has 0 aliphatic carbocycles. The first kappa shape index (κ1) is 15.5. The van der Waals surface area contributed by atoms with Crippen LogP contribution in [0.15, 0.2) is 10.7 Å². The molecule has 0 N–H and O–H groups in total. The van der Waals surface area contributed by atoms with Gasteiger partial charge in [0.1, 0.15) is 6.26 Å². The van der Waals surface area contributed by atoms with Crippen molar-refractivity contribution in [1.82, 2.24) is 14.8 Å². The highest BCUT2D eigenvalue weighted by molar-refractivity contribution is 5.76. The van der Waals surface area contributed by atoms with Crippen molar-refractivity contribution >= 4 is 5.91 Å². The quantitative estimate of drug-likeness (QED) is 0.842. The number of aromatic nitrogens is 1. The van der Waals surface area contributed by atoms with Gasteiger partial charge in [0.25, 0.3) is 0 Å². The number of nitrogens with zero attached hydrogens (tertiary/aromatic N) is 3. The van der Waals surface area contributed by atoms with Gasteiger partial charge in [-0.2, -0.15) is 0 Å². The minimum Gasteiger partial charge on any atom is -0.449 e. The van der Waals surface area contributed by atoms with Crippen LogP contribution in [0.2, 0.25) is 0 Å². The Balaban J connectivity index is 1.40. The zero-order valence-electron chi connectivity index (χ0n) is 13.3. The van der Waals surface area contributed by atoms with Crippen molar-refractivity contribution < 1.29 is 13.9 Å². The topological polar surface area (TPSA) is 58.8 Å². The molecule has 122 valence electrons. The highest BCUT2D eigenvalue weighted by atomic mass is 16.5. The van der Waals surface area contributed by atoms with E-state index in [0.29, 0.717) is 31.5 Å². The van der Waals surface area contributed by atoms with Gasteiger partial charge < -0.3 is 14.1 Å². The van der Waals surface area contributed by atoms with Gasteiger partial charge in [0.2, 0.25) is 5.91 Å². The summed E-state index contributed by atoms with van der Waals surface area (Å²) < 4.78 is 10.5. The number of rotatable bonds is 4. The van der Waals surface area contributed by atoms with Gasteiger partial charge in [0, 0.05) is 33.0 Å². The van der Waals surface area contributed by atoms with E-state index in [2.05, 4.69) is 9.88 Å². The van der Waals surface area contributed by atoms with Gasteiger partial charge in [0.05, 0.1) is 18.9 Å². The maximum atomic E-state index is 12.3. The molecule has 0 aromatic carbocycles. The highest BCUT2D eigenvalue weighted by Gasteiger charge is 2.25. The van der Waals surface area contributed by atoms with E-state index in [1.54, 1.807) is 6.26 Å². The molecule has 2 aliphatic rings. The fraction of sp³-hybridized carbons (Fsp3) is 0.750. The Morgan fingerprint density at radius 1 is 1.27 bits per heavy atom. The van der Waals surface area contributed by atoms with E-state index >= 15 is 0 Å². The average molecular weight is 307 g/mol. The predicted octanol–water partition coefficient (Wildman–Crippen LogP) is 1.44. The van der Waals surface area contributed by atoms with Crippen LogP contribution < -0.4 is 0 Å². The maximum Gasteiger partial charge on any atom is 0.223 e. The number of amides is 1. The number of aryl methyl sites for hydroxylation is 1. The Labute approximate surface area is 131 Å². The second-order valence-corrected chi connectivity index (χ2v) is 6.27. The summed E-state index contributed by atoms with van der Waals surface area (Å²) in [5.74, 6) is 1.54. The minimum absolute atomic E-state index is 0.300. The summed E-state index contributed by atoms with van der Waals surface area (Å²) >= 11 is 0. The fourth-order valence-corrected chi connectivity index (χ4v) is 3.25. The molecule has 0 atom stereocenters. The summed E-state index contributed by atoms with van der Waals surface area (Å²) in [6.45, 7) is 7.66. The lowest BCUT2D eigenvalue weighted by atomic mass is 9.93. The third kappa shape index (κ3) is 4.08. The number of carbonyl (C=O) groups is 1. The summed E-state index contributed by atoms with van der Waals surface area (Å²) in [5, 5.41) is 0. The summed E-state index contributed by atoms with van der Waals surface area (Å²) in [4.78, 5) is 21.0. The second kappa shape index (κ2) is 7.24. The Bertz CT molecular complexity index is 489. The highest BCUT2D eigenvalue weighted by Crippen LogP contribution is 2.22. The summed E-state index contributed by atoms with van der Waals surface area (Å²) in [5.41, 5.74) is 1.00. The standard InChI is InChI=1S/C16H25N3O3/c1-13-17-15(12-22-13)11-18-4-2-14(3-5-18)10-16(20)19-6-8-21-9-7-19/h12,14H,2-11H2,1H3. The molecule has 0 spiro atoms. The SMILES string of the molecule is Cc1nc(CN2CCC(CC(=O)N3CCOCC3)CC2)co1. The first-order valence-electron chi connectivity index (χ1n) is 8.19. The van der Waals surface area contributed by atoms with Crippen molar-refractivity contribution in [3.63, 3.8) is 0 Å². The van der Waals surface area contributed by atoms with E-state index in [4.69, 9.17) is 9.15 Å². The van der Waals surface area contributed by atoms with Crippen molar-refractivity contribution in [3.8, 4) is 0 Å². The van der Waals surface area contributed by atoms with Crippen molar-refractivity contribution in [2.24, 2.45) is 5.92 Å². The van der Waals surface area contributed by atoms with Gasteiger partial charge in [-0.15, -0.1) is 0 Å². The molecule has 3 heterocycles. The van der Waals surface area contributed by atoms with Gasteiger partial charge in [-0.1, -0.05) is 0 Å². The van der Waals surface area contributed by atoms with Crippen LogP contribution in [0.1, 0.15) is 30.8 Å². The van der Waals surface area contributed by atoms with Crippen molar-refractivity contribution in [2.75, 3.05) is 39.4 Å². The van der Waals surface area contributed by atoms with E-state index in [0.717, 1.165) is 57.2 Å². The molecule has 0 bridgehead atoms. The Morgan fingerprint density at radius 2 is 2.00 bits per heavy atom. The third-order valence-corrected chi connectivity index (χ3v) is 4.59. The van der Waals surface area contributed by atoms with Crippen LogP contribution in [0.5, 0.6) is 0 Å². The summed E-state index contributed by atoms with van der Waals surface area (Å²) in [6, 6.07) is 0. The van der Waals surface area contributed by atoms with E-state index in [9.17, 15) is 4.79 Å². The molecule has 6 nitrogen and oxygen atoms in total. The molecule has 22 heavy (non-hydrogen) atoms. The lowest BCUT2D eigenvalue weighted by molar-refractivity contribution is -0.136. The van der Waals surface area contributed by atoms with Crippen LogP contribution in [-0.4, -0.2) is 60.1 Å². The minimum atomic E-state index is 0.300. The van der Waals surface area contributed by atoms with E-state index in [1.165, 1.54) is 0 Å². The first-order chi connectivity index (χ1) is 10.7. The van der Waals surface area contributed by atoms with Crippen molar-refractivity contribution in [3.05, 3.63) is 17.8 Å². The molecule has 1 aromatic rings. The maximum absolute atomic E-state index is 12.3. The molecule has 1 aromatic heterocycles. The molecule has 2 saturated heterocycles. The molecular weight excluding hydrogens is 282 g/mol. The van der Waals surface area contributed by atoms with Gasteiger partial charge in [-0.3, -0.25) is 9.69 Å². The molecule has 0 radical (unpaired) electrons. The van der Waals surface area contributed by atoms with Crippen molar-refractivity contribution in [1.29, 1.82) is 0 Å². The van der Waals surface area contributed by atoms with Gasteiger partial charge in [-0.25, -0.2) is 4.98 Å². The second-order valence-electron chi connectivity index (χ2n) is 6.27. The number of hydrogen-bond acceptors (Lipinski definition) is 5. The zero-order valence-corrected chi connectivity index (χ0v) is 13.3. The van der Waals surface area contributed by atoms with Crippen LogP contribution in [0.4, 0.5) is 0 Å². The lowest BCUT2D eigenvalue weighted by Crippen LogP contribution is -2.42. The average Bonchev–Trinajstić information content (AvgIpc) is 2.95. The molecule has 0 unspecified atom stereocenters. The number of hydrogen-bond donors (Lipinski definition) is 0. The number of oxazole rings is 1. The van der Waals surface area contributed by atoms with E-state index in [1.807, 2.05) is 11.8 Å². The zero-order chi connectivity index (χ0) is 15.4. The van der Waals surface area contributed by atoms with Crippen molar-refractivity contribution in [2.45, 2.75) is 32.7 Å². The fourth-order valence-electron chi connectivity index (χ4n) is 3.25. The number of likely N-dealkylation sites (tertiary alicyclic amines) is 1. The Hall–Kier alpha value is -1.40. The molecule has 3 rings (SSSR count). The third-order valence-electron chi connectivity index (χ3n) is 4.59. The number of ether oxygens (including phenoxy) is 1. The van der Waals surface area contributed by atoms with Crippen LogP contribution in [-0.2, 0) is 16.1 Å². The molecule has 1 amide bonds. The molecule has 6 heteroatoms.